The van der Waals surface area contributed by atoms with Crippen molar-refractivity contribution in [2.45, 2.75) is 32.7 Å². The molecule has 0 radical (unpaired) electrons. The number of aryl methyl sites for hydroxylation is 2. The Balaban J connectivity index is 1.62. The SMILES string of the molecule is CCc1nn2c(c1-c1ccc(C)cc1)NC(=O)C2CC(=O)Nc1ccccc1F. The zero-order valence-corrected chi connectivity index (χ0v) is 16.2. The highest BCUT2D eigenvalue weighted by Crippen LogP contribution is 2.38. The second-order valence-electron chi connectivity index (χ2n) is 7.07. The Kier molecular flexibility index (Phi) is 4.88. The Morgan fingerprint density at radius 3 is 2.62 bits per heavy atom. The molecule has 0 bridgehead atoms. The highest BCUT2D eigenvalue weighted by molar-refractivity contribution is 6.04. The predicted molar refractivity (Wildman–Crippen MR) is 109 cm³/mol. The maximum absolute atomic E-state index is 13.8. The first kappa shape index (κ1) is 18.9. The van der Waals surface area contributed by atoms with Crippen LogP contribution in [-0.2, 0) is 16.0 Å². The summed E-state index contributed by atoms with van der Waals surface area (Å²) >= 11 is 0. The van der Waals surface area contributed by atoms with E-state index in [-0.39, 0.29) is 18.0 Å². The average Bonchev–Trinajstić information content (AvgIpc) is 3.20. The molecule has 1 atom stereocenters. The number of anilines is 2. The van der Waals surface area contributed by atoms with Gasteiger partial charge in [0.15, 0.2) is 0 Å². The van der Waals surface area contributed by atoms with Crippen LogP contribution >= 0.6 is 0 Å². The Hall–Kier alpha value is -3.48. The predicted octanol–water partition coefficient (Wildman–Crippen LogP) is 4.08. The zero-order valence-electron chi connectivity index (χ0n) is 16.2. The van der Waals surface area contributed by atoms with E-state index in [1.54, 1.807) is 16.8 Å². The van der Waals surface area contributed by atoms with E-state index in [1.165, 1.54) is 12.1 Å². The lowest BCUT2D eigenvalue weighted by molar-refractivity contribution is -0.123. The Bertz CT molecular complexity index is 1090. The van der Waals surface area contributed by atoms with Gasteiger partial charge in [-0.25, -0.2) is 9.07 Å². The Labute approximate surface area is 167 Å². The van der Waals surface area contributed by atoms with Gasteiger partial charge in [0.25, 0.3) is 5.91 Å². The number of para-hydroxylation sites is 1. The summed E-state index contributed by atoms with van der Waals surface area (Å²) in [6.45, 7) is 4.01. The van der Waals surface area contributed by atoms with Crippen molar-refractivity contribution in [1.29, 1.82) is 0 Å². The van der Waals surface area contributed by atoms with Crippen LogP contribution in [-0.4, -0.2) is 21.6 Å². The molecule has 6 nitrogen and oxygen atoms in total. The van der Waals surface area contributed by atoms with E-state index in [0.717, 1.165) is 22.4 Å². The number of nitrogens with one attached hydrogen (secondary N) is 2. The topological polar surface area (TPSA) is 76.0 Å². The fraction of sp³-hybridized carbons (Fsp3) is 0.227. The van der Waals surface area contributed by atoms with Crippen LogP contribution in [0.2, 0.25) is 0 Å². The summed E-state index contributed by atoms with van der Waals surface area (Å²) in [5, 5.41) is 10.00. The summed E-state index contributed by atoms with van der Waals surface area (Å²) in [5.74, 6) is -0.674. The number of aromatic nitrogens is 2. The fourth-order valence-corrected chi connectivity index (χ4v) is 3.53. The summed E-state index contributed by atoms with van der Waals surface area (Å²) in [6, 6.07) is 13.2. The van der Waals surface area contributed by atoms with Crippen LogP contribution < -0.4 is 10.6 Å². The molecule has 29 heavy (non-hydrogen) atoms. The van der Waals surface area contributed by atoms with Crippen molar-refractivity contribution in [3.63, 3.8) is 0 Å². The Morgan fingerprint density at radius 2 is 1.93 bits per heavy atom. The second kappa shape index (κ2) is 7.50. The third kappa shape index (κ3) is 3.51. The van der Waals surface area contributed by atoms with Gasteiger partial charge in [-0.15, -0.1) is 0 Å². The second-order valence-corrected chi connectivity index (χ2v) is 7.07. The molecule has 0 saturated heterocycles. The molecule has 1 aliphatic rings. The molecule has 4 rings (SSSR count). The number of amides is 2. The third-order valence-electron chi connectivity index (χ3n) is 5.02. The van der Waals surface area contributed by atoms with Gasteiger partial charge in [-0.3, -0.25) is 9.59 Å². The summed E-state index contributed by atoms with van der Waals surface area (Å²) in [6.07, 6.45) is 0.554. The minimum absolute atomic E-state index is 0.0891. The molecule has 7 heteroatoms. The van der Waals surface area contributed by atoms with Crippen molar-refractivity contribution in [1.82, 2.24) is 9.78 Å². The molecule has 0 spiro atoms. The first-order valence-corrected chi connectivity index (χ1v) is 9.51. The molecule has 2 heterocycles. The standard InChI is InChI=1S/C22H21FN4O2/c1-3-16-20(14-10-8-13(2)9-11-14)21-25-22(29)18(27(21)26-16)12-19(28)24-17-7-5-4-6-15(17)23/h4-11,18H,3,12H2,1-2H3,(H,24,28)(H,25,29). The van der Waals surface area contributed by atoms with Crippen LogP contribution in [0, 0.1) is 12.7 Å². The summed E-state index contributed by atoms with van der Waals surface area (Å²) < 4.78 is 15.4. The number of hydrogen-bond donors (Lipinski definition) is 2. The van der Waals surface area contributed by atoms with E-state index in [1.807, 2.05) is 38.1 Å². The largest absolute Gasteiger partial charge is 0.324 e. The van der Waals surface area contributed by atoms with Crippen LogP contribution in [0.5, 0.6) is 0 Å². The lowest BCUT2D eigenvalue weighted by Gasteiger charge is -2.10. The van der Waals surface area contributed by atoms with Gasteiger partial charge in [0.1, 0.15) is 17.7 Å². The quantitative estimate of drug-likeness (QED) is 0.687. The zero-order chi connectivity index (χ0) is 20.5. The van der Waals surface area contributed by atoms with Crippen LogP contribution in [0.1, 0.15) is 30.6 Å². The van der Waals surface area contributed by atoms with E-state index in [2.05, 4.69) is 15.7 Å². The monoisotopic (exact) mass is 392 g/mol. The van der Waals surface area contributed by atoms with Gasteiger partial charge in [-0.05, 0) is 31.0 Å². The van der Waals surface area contributed by atoms with Gasteiger partial charge >= 0.3 is 0 Å². The van der Waals surface area contributed by atoms with Crippen LogP contribution in [0.4, 0.5) is 15.9 Å². The van der Waals surface area contributed by atoms with Crippen LogP contribution in [0.3, 0.4) is 0 Å². The van der Waals surface area contributed by atoms with E-state index < -0.39 is 17.8 Å². The maximum atomic E-state index is 13.8. The smallest absolute Gasteiger partial charge is 0.251 e. The number of carbonyl (C=O) groups is 2. The summed E-state index contributed by atoms with van der Waals surface area (Å²) in [4.78, 5) is 25.0. The molecule has 1 aromatic heterocycles. The minimum atomic E-state index is -0.777. The highest BCUT2D eigenvalue weighted by Gasteiger charge is 2.36. The van der Waals surface area contributed by atoms with E-state index in [9.17, 15) is 14.0 Å². The number of carbonyl (C=O) groups excluding carboxylic acids is 2. The molecular weight excluding hydrogens is 371 g/mol. The molecule has 0 fully saturated rings. The van der Waals surface area contributed by atoms with Gasteiger partial charge in [0.05, 0.1) is 17.8 Å². The van der Waals surface area contributed by atoms with E-state index in [0.29, 0.717) is 12.2 Å². The van der Waals surface area contributed by atoms with Crippen LogP contribution in [0.25, 0.3) is 11.1 Å². The molecule has 1 aliphatic heterocycles. The molecule has 0 saturated carbocycles. The average molecular weight is 392 g/mol. The van der Waals surface area contributed by atoms with Crippen molar-refractivity contribution >= 4 is 23.3 Å². The van der Waals surface area contributed by atoms with E-state index in [4.69, 9.17) is 0 Å². The Morgan fingerprint density at radius 1 is 1.21 bits per heavy atom. The number of rotatable bonds is 5. The summed E-state index contributed by atoms with van der Waals surface area (Å²) in [7, 11) is 0. The highest BCUT2D eigenvalue weighted by atomic mass is 19.1. The minimum Gasteiger partial charge on any atom is -0.324 e. The molecule has 1 unspecified atom stereocenters. The normalized spacial score (nSPS) is 15.1. The molecular formula is C22H21FN4O2. The number of fused-ring (bicyclic) bond motifs is 1. The summed E-state index contributed by atoms with van der Waals surface area (Å²) in [5.41, 5.74) is 3.92. The first-order valence-electron chi connectivity index (χ1n) is 9.51. The lowest BCUT2D eigenvalue weighted by Crippen LogP contribution is -2.24. The molecule has 2 N–H and O–H groups in total. The van der Waals surface area contributed by atoms with Crippen molar-refractivity contribution in [2.75, 3.05) is 10.6 Å². The van der Waals surface area contributed by atoms with Gasteiger partial charge in [0, 0.05) is 5.56 Å². The van der Waals surface area contributed by atoms with Crippen molar-refractivity contribution < 1.29 is 14.0 Å². The fourth-order valence-electron chi connectivity index (χ4n) is 3.53. The van der Waals surface area contributed by atoms with Gasteiger partial charge in [0.2, 0.25) is 5.91 Å². The lowest BCUT2D eigenvalue weighted by atomic mass is 10.0. The molecule has 2 aromatic carbocycles. The number of nitrogens with zero attached hydrogens (tertiary/aromatic N) is 2. The van der Waals surface area contributed by atoms with Gasteiger partial charge in [-0.1, -0.05) is 48.9 Å². The van der Waals surface area contributed by atoms with Crippen molar-refractivity contribution in [2.24, 2.45) is 0 Å². The van der Waals surface area contributed by atoms with Crippen molar-refractivity contribution in [3.8, 4) is 11.1 Å². The third-order valence-corrected chi connectivity index (χ3v) is 5.02. The molecule has 2 amide bonds. The molecule has 148 valence electrons. The number of benzene rings is 2. The first-order chi connectivity index (χ1) is 14.0. The van der Waals surface area contributed by atoms with Crippen LogP contribution in [0.15, 0.2) is 48.5 Å². The van der Waals surface area contributed by atoms with Crippen molar-refractivity contribution in [3.05, 3.63) is 65.6 Å². The van der Waals surface area contributed by atoms with E-state index >= 15 is 0 Å². The number of halogens is 1. The molecule has 0 aliphatic carbocycles. The van der Waals surface area contributed by atoms with Gasteiger partial charge < -0.3 is 10.6 Å². The van der Waals surface area contributed by atoms with Gasteiger partial charge in [-0.2, -0.15) is 5.10 Å². The number of hydrogen-bond acceptors (Lipinski definition) is 3. The maximum Gasteiger partial charge on any atom is 0.251 e. The molecule has 3 aromatic rings.